The number of carbonyl (C=O) groups excluding carboxylic acids is 1. The van der Waals surface area contributed by atoms with Gasteiger partial charge in [0.2, 0.25) is 5.91 Å². The molecule has 0 spiro atoms. The number of amides is 1. The van der Waals surface area contributed by atoms with Crippen molar-refractivity contribution in [3.63, 3.8) is 0 Å². The third kappa shape index (κ3) is 4.33. The molecule has 0 radical (unpaired) electrons. The Morgan fingerprint density at radius 2 is 2.05 bits per heavy atom. The fraction of sp³-hybridized carbons (Fsp3) is 0.533. The second-order valence-corrected chi connectivity index (χ2v) is 5.40. The van der Waals surface area contributed by atoms with Crippen molar-refractivity contribution in [3.8, 4) is 0 Å². The molecule has 0 aliphatic rings. The summed E-state index contributed by atoms with van der Waals surface area (Å²) in [6.07, 6.45) is -0.691. The molecule has 0 fully saturated rings. The van der Waals surface area contributed by atoms with Crippen molar-refractivity contribution < 1.29 is 14.6 Å². The Balaban J connectivity index is 2.58. The van der Waals surface area contributed by atoms with E-state index in [4.69, 9.17) is 4.74 Å². The highest BCUT2D eigenvalue weighted by molar-refractivity contribution is 5.81. The maximum Gasteiger partial charge on any atom is 0.228 e. The van der Waals surface area contributed by atoms with E-state index in [1.165, 1.54) is 0 Å². The van der Waals surface area contributed by atoms with Crippen LogP contribution in [0.25, 0.3) is 0 Å². The third-order valence-electron chi connectivity index (χ3n) is 3.12. The molecule has 0 aromatic heterocycles. The van der Waals surface area contributed by atoms with Crippen LogP contribution in [0.3, 0.4) is 0 Å². The molecule has 1 unspecified atom stereocenters. The van der Waals surface area contributed by atoms with Crippen molar-refractivity contribution in [1.29, 1.82) is 0 Å². The zero-order valence-electron chi connectivity index (χ0n) is 12.1. The molecule has 2 N–H and O–H groups in total. The lowest BCUT2D eigenvalue weighted by atomic mass is 9.93. The number of aliphatic hydroxyl groups excluding tert-OH is 1. The van der Waals surface area contributed by atoms with Crippen LogP contribution in [0.15, 0.2) is 24.3 Å². The molecule has 4 heteroatoms. The fourth-order valence-corrected chi connectivity index (χ4v) is 1.93. The normalized spacial score (nSPS) is 13.1. The Morgan fingerprint density at radius 3 is 2.63 bits per heavy atom. The predicted octanol–water partition coefficient (Wildman–Crippen LogP) is 1.82. The highest BCUT2D eigenvalue weighted by Crippen LogP contribution is 2.18. The number of hydrogen-bond donors (Lipinski definition) is 2. The first-order valence-corrected chi connectivity index (χ1v) is 6.39. The molecule has 1 rings (SSSR count). The number of carbonyl (C=O) groups is 1. The van der Waals surface area contributed by atoms with Gasteiger partial charge in [-0.2, -0.15) is 0 Å². The van der Waals surface area contributed by atoms with Crippen LogP contribution < -0.4 is 5.32 Å². The summed E-state index contributed by atoms with van der Waals surface area (Å²) in [6.45, 7) is 6.11. The van der Waals surface area contributed by atoms with Gasteiger partial charge in [0.05, 0.1) is 18.1 Å². The number of hydrogen-bond acceptors (Lipinski definition) is 3. The van der Waals surface area contributed by atoms with Crippen LogP contribution in [0.5, 0.6) is 0 Å². The van der Waals surface area contributed by atoms with E-state index in [1.54, 1.807) is 7.11 Å². The van der Waals surface area contributed by atoms with Crippen molar-refractivity contribution in [2.24, 2.45) is 5.41 Å². The fourth-order valence-electron chi connectivity index (χ4n) is 1.93. The zero-order valence-corrected chi connectivity index (χ0v) is 12.1. The van der Waals surface area contributed by atoms with Gasteiger partial charge in [-0.05, 0) is 31.9 Å². The van der Waals surface area contributed by atoms with Crippen LogP contribution >= 0.6 is 0 Å². The number of benzene rings is 1. The molecule has 0 heterocycles. The van der Waals surface area contributed by atoms with E-state index < -0.39 is 11.5 Å². The summed E-state index contributed by atoms with van der Waals surface area (Å²) >= 11 is 0. The van der Waals surface area contributed by atoms with E-state index >= 15 is 0 Å². The number of rotatable bonds is 6. The van der Waals surface area contributed by atoms with E-state index in [1.807, 2.05) is 45.0 Å². The summed E-state index contributed by atoms with van der Waals surface area (Å²) in [5, 5.41) is 12.9. The molecule has 0 aliphatic carbocycles. The molecular weight excluding hydrogens is 242 g/mol. The molecule has 19 heavy (non-hydrogen) atoms. The minimum Gasteiger partial charge on any atom is -0.387 e. The minimum absolute atomic E-state index is 0.123. The lowest BCUT2D eigenvalue weighted by Crippen LogP contribution is -2.41. The van der Waals surface area contributed by atoms with Gasteiger partial charge >= 0.3 is 0 Å². The van der Waals surface area contributed by atoms with E-state index in [9.17, 15) is 9.90 Å². The monoisotopic (exact) mass is 265 g/mol. The summed E-state index contributed by atoms with van der Waals surface area (Å²) < 4.78 is 5.01. The Morgan fingerprint density at radius 1 is 1.42 bits per heavy atom. The lowest BCUT2D eigenvalue weighted by molar-refractivity contribution is -0.132. The standard InChI is InChI=1S/C15H23NO3/c1-11-7-5-6-8-12(11)13(17)9-16-14(18)15(2,3)10-19-4/h5-8,13,17H,9-10H2,1-4H3,(H,16,18). The van der Waals surface area contributed by atoms with Crippen LogP contribution in [-0.2, 0) is 9.53 Å². The van der Waals surface area contributed by atoms with E-state index in [2.05, 4.69) is 5.32 Å². The average Bonchev–Trinajstić information content (AvgIpc) is 2.36. The molecule has 1 aromatic rings. The van der Waals surface area contributed by atoms with Gasteiger partial charge in [0, 0.05) is 13.7 Å². The van der Waals surface area contributed by atoms with Crippen molar-refractivity contribution in [3.05, 3.63) is 35.4 Å². The second-order valence-electron chi connectivity index (χ2n) is 5.40. The van der Waals surface area contributed by atoms with Gasteiger partial charge in [0.1, 0.15) is 0 Å². The first kappa shape index (κ1) is 15.7. The van der Waals surface area contributed by atoms with E-state index in [0.717, 1.165) is 11.1 Å². The van der Waals surface area contributed by atoms with Gasteiger partial charge < -0.3 is 15.2 Å². The molecule has 1 atom stereocenters. The molecule has 0 saturated heterocycles. The molecule has 1 amide bonds. The summed E-state index contributed by atoms with van der Waals surface area (Å²) in [5.41, 5.74) is 1.26. The third-order valence-corrected chi connectivity index (χ3v) is 3.12. The van der Waals surface area contributed by atoms with Crippen LogP contribution in [0.1, 0.15) is 31.1 Å². The van der Waals surface area contributed by atoms with Crippen molar-refractivity contribution in [2.75, 3.05) is 20.3 Å². The zero-order chi connectivity index (χ0) is 14.5. The Hall–Kier alpha value is -1.39. The molecule has 0 bridgehead atoms. The highest BCUT2D eigenvalue weighted by Gasteiger charge is 2.27. The molecule has 1 aromatic carbocycles. The summed E-state index contributed by atoms with van der Waals surface area (Å²) in [5.74, 6) is -0.123. The number of aryl methyl sites for hydroxylation is 1. The van der Waals surface area contributed by atoms with Crippen molar-refractivity contribution in [2.45, 2.75) is 26.9 Å². The summed E-state index contributed by atoms with van der Waals surface area (Å²) in [6, 6.07) is 7.61. The van der Waals surface area contributed by atoms with Crippen molar-refractivity contribution in [1.82, 2.24) is 5.32 Å². The van der Waals surface area contributed by atoms with Crippen LogP contribution in [-0.4, -0.2) is 31.3 Å². The van der Waals surface area contributed by atoms with Gasteiger partial charge in [-0.25, -0.2) is 0 Å². The Labute approximate surface area is 114 Å². The highest BCUT2D eigenvalue weighted by atomic mass is 16.5. The molecule has 0 aliphatic heterocycles. The van der Waals surface area contributed by atoms with E-state index in [-0.39, 0.29) is 12.5 Å². The molecular formula is C15H23NO3. The first-order chi connectivity index (χ1) is 8.88. The predicted molar refractivity (Wildman–Crippen MR) is 74.8 cm³/mol. The number of ether oxygens (including phenoxy) is 1. The quantitative estimate of drug-likeness (QED) is 0.825. The number of nitrogens with one attached hydrogen (secondary N) is 1. The van der Waals surface area contributed by atoms with Gasteiger partial charge in [0.15, 0.2) is 0 Å². The van der Waals surface area contributed by atoms with Crippen molar-refractivity contribution >= 4 is 5.91 Å². The van der Waals surface area contributed by atoms with Gasteiger partial charge in [-0.3, -0.25) is 4.79 Å². The number of aliphatic hydroxyl groups is 1. The van der Waals surface area contributed by atoms with Crippen LogP contribution in [0.2, 0.25) is 0 Å². The van der Waals surface area contributed by atoms with Gasteiger partial charge in [0.25, 0.3) is 0 Å². The molecule has 4 nitrogen and oxygen atoms in total. The average molecular weight is 265 g/mol. The van der Waals surface area contributed by atoms with Gasteiger partial charge in [-0.1, -0.05) is 24.3 Å². The minimum atomic E-state index is -0.691. The van der Waals surface area contributed by atoms with Gasteiger partial charge in [-0.15, -0.1) is 0 Å². The maximum atomic E-state index is 12.0. The lowest BCUT2D eigenvalue weighted by Gasteiger charge is -2.23. The largest absolute Gasteiger partial charge is 0.387 e. The topological polar surface area (TPSA) is 58.6 Å². The SMILES string of the molecule is COCC(C)(C)C(=O)NCC(O)c1ccccc1C. The molecule has 0 saturated carbocycles. The first-order valence-electron chi connectivity index (χ1n) is 6.39. The summed E-state index contributed by atoms with van der Waals surface area (Å²) in [4.78, 5) is 12.0. The van der Waals surface area contributed by atoms with Crippen LogP contribution in [0, 0.1) is 12.3 Å². The van der Waals surface area contributed by atoms with E-state index in [0.29, 0.717) is 6.61 Å². The van der Waals surface area contributed by atoms with Crippen LogP contribution in [0.4, 0.5) is 0 Å². The smallest absolute Gasteiger partial charge is 0.228 e. The molecule has 106 valence electrons. The second kappa shape index (κ2) is 6.68. The Kier molecular flexibility index (Phi) is 5.51. The maximum absolute atomic E-state index is 12.0. The Bertz CT molecular complexity index is 429. The number of methoxy groups -OCH3 is 1. The summed E-state index contributed by atoms with van der Waals surface area (Å²) in [7, 11) is 1.57.